The van der Waals surface area contributed by atoms with Gasteiger partial charge in [-0.2, -0.15) is 0 Å². The summed E-state index contributed by atoms with van der Waals surface area (Å²) in [5.74, 6) is 0.793. The van der Waals surface area contributed by atoms with Crippen LogP contribution in [0.1, 0.15) is 5.56 Å². The van der Waals surface area contributed by atoms with Gasteiger partial charge in [0.2, 0.25) is 0 Å². The first-order chi connectivity index (χ1) is 8.61. The minimum Gasteiger partial charge on any atom is -0.495 e. The fraction of sp³-hybridized carbons (Fsp3) is 0.143. The molecule has 0 unspecified atom stereocenters. The highest BCUT2D eigenvalue weighted by Crippen LogP contribution is 2.30. The van der Waals surface area contributed by atoms with Crippen molar-refractivity contribution in [1.29, 1.82) is 0 Å². The largest absolute Gasteiger partial charge is 0.495 e. The third-order valence-corrected chi connectivity index (χ3v) is 3.46. The average molecular weight is 307 g/mol. The predicted molar refractivity (Wildman–Crippen MR) is 79.6 cm³/mol. The van der Waals surface area contributed by atoms with E-state index in [-0.39, 0.29) is 0 Å². The number of nitrogen functional groups attached to an aromatic ring is 1. The molecule has 0 radical (unpaired) electrons. The second-order valence-electron chi connectivity index (χ2n) is 3.99. The third kappa shape index (κ3) is 2.59. The number of nitrogens with two attached hydrogens (primary N) is 1. The zero-order valence-corrected chi connectivity index (χ0v) is 11.9. The van der Waals surface area contributed by atoms with Gasteiger partial charge < -0.3 is 15.8 Å². The van der Waals surface area contributed by atoms with Gasteiger partial charge in [0, 0.05) is 23.1 Å². The van der Waals surface area contributed by atoms with E-state index in [9.17, 15) is 0 Å². The number of hydrogen-bond donors (Lipinski definition) is 2. The third-order valence-electron chi connectivity index (χ3n) is 2.81. The first-order valence-electron chi connectivity index (χ1n) is 5.57. The summed E-state index contributed by atoms with van der Waals surface area (Å²) in [6.07, 6.45) is 0. The number of rotatable bonds is 3. The summed E-state index contributed by atoms with van der Waals surface area (Å²) >= 11 is 3.43. The molecule has 2 aromatic rings. The first kappa shape index (κ1) is 12.8. The highest BCUT2D eigenvalue weighted by atomic mass is 79.9. The van der Waals surface area contributed by atoms with E-state index in [2.05, 4.69) is 21.2 Å². The molecular weight excluding hydrogens is 292 g/mol. The van der Waals surface area contributed by atoms with Gasteiger partial charge in [0.05, 0.1) is 11.6 Å². The van der Waals surface area contributed by atoms with Crippen molar-refractivity contribution in [1.82, 2.24) is 0 Å². The standard InChI is InChI=1S/C14H15BrN2O/c1-9-12(16)4-3-5-13(9)17-10-6-7-11(15)14(8-10)18-2/h3-8,17H,16H2,1-2H3. The van der Waals surface area contributed by atoms with Crippen molar-refractivity contribution in [3.63, 3.8) is 0 Å². The van der Waals surface area contributed by atoms with Gasteiger partial charge >= 0.3 is 0 Å². The van der Waals surface area contributed by atoms with Gasteiger partial charge in [-0.15, -0.1) is 0 Å². The Labute approximate surface area is 115 Å². The molecule has 0 bridgehead atoms. The van der Waals surface area contributed by atoms with Crippen molar-refractivity contribution in [2.45, 2.75) is 6.92 Å². The second kappa shape index (κ2) is 5.31. The van der Waals surface area contributed by atoms with E-state index in [0.717, 1.165) is 32.8 Å². The van der Waals surface area contributed by atoms with Gasteiger partial charge in [-0.05, 0) is 52.7 Å². The molecule has 0 atom stereocenters. The van der Waals surface area contributed by atoms with Gasteiger partial charge in [-0.1, -0.05) is 6.07 Å². The van der Waals surface area contributed by atoms with E-state index < -0.39 is 0 Å². The Morgan fingerprint density at radius 1 is 1.22 bits per heavy atom. The fourth-order valence-corrected chi connectivity index (χ4v) is 2.09. The van der Waals surface area contributed by atoms with Crippen molar-refractivity contribution in [3.8, 4) is 5.75 Å². The Morgan fingerprint density at radius 3 is 2.72 bits per heavy atom. The SMILES string of the molecule is COc1cc(Nc2cccc(N)c2C)ccc1Br. The van der Waals surface area contributed by atoms with E-state index in [1.807, 2.05) is 43.3 Å². The second-order valence-corrected chi connectivity index (χ2v) is 4.85. The van der Waals surface area contributed by atoms with Crippen LogP contribution >= 0.6 is 15.9 Å². The van der Waals surface area contributed by atoms with Crippen LogP contribution < -0.4 is 15.8 Å². The summed E-state index contributed by atoms with van der Waals surface area (Å²) in [6.45, 7) is 1.99. The summed E-state index contributed by atoms with van der Waals surface area (Å²) in [5.41, 5.74) is 9.67. The monoisotopic (exact) mass is 306 g/mol. The van der Waals surface area contributed by atoms with Gasteiger partial charge in [-0.25, -0.2) is 0 Å². The van der Waals surface area contributed by atoms with Crippen LogP contribution in [0.2, 0.25) is 0 Å². The van der Waals surface area contributed by atoms with Crippen molar-refractivity contribution in [3.05, 3.63) is 46.4 Å². The molecule has 0 fully saturated rings. The summed E-state index contributed by atoms with van der Waals surface area (Å²) < 4.78 is 6.20. The highest BCUT2D eigenvalue weighted by Gasteiger charge is 2.04. The molecule has 2 rings (SSSR count). The molecule has 0 saturated heterocycles. The molecule has 0 aliphatic heterocycles. The minimum atomic E-state index is 0.782. The van der Waals surface area contributed by atoms with E-state index in [1.54, 1.807) is 7.11 Å². The Kier molecular flexibility index (Phi) is 3.77. The molecule has 0 heterocycles. The number of benzene rings is 2. The zero-order chi connectivity index (χ0) is 13.1. The van der Waals surface area contributed by atoms with Crippen LogP contribution in [0.5, 0.6) is 5.75 Å². The van der Waals surface area contributed by atoms with Crippen LogP contribution in [0.15, 0.2) is 40.9 Å². The van der Waals surface area contributed by atoms with Crippen LogP contribution in [0.25, 0.3) is 0 Å². The van der Waals surface area contributed by atoms with E-state index in [0.29, 0.717) is 0 Å². The van der Waals surface area contributed by atoms with Crippen LogP contribution in [0.3, 0.4) is 0 Å². The fourth-order valence-electron chi connectivity index (χ4n) is 1.68. The maximum Gasteiger partial charge on any atom is 0.135 e. The Balaban J connectivity index is 2.31. The summed E-state index contributed by atoms with van der Waals surface area (Å²) in [4.78, 5) is 0. The molecule has 3 nitrogen and oxygen atoms in total. The quantitative estimate of drug-likeness (QED) is 0.840. The van der Waals surface area contributed by atoms with Crippen LogP contribution in [0, 0.1) is 6.92 Å². The van der Waals surface area contributed by atoms with E-state index in [4.69, 9.17) is 10.5 Å². The van der Waals surface area contributed by atoms with Crippen molar-refractivity contribution in [2.75, 3.05) is 18.2 Å². The molecule has 18 heavy (non-hydrogen) atoms. The minimum absolute atomic E-state index is 0.782. The molecule has 0 aliphatic rings. The van der Waals surface area contributed by atoms with E-state index in [1.165, 1.54) is 0 Å². The molecule has 94 valence electrons. The Bertz CT molecular complexity index is 570. The molecule has 4 heteroatoms. The molecule has 0 aliphatic carbocycles. The van der Waals surface area contributed by atoms with Crippen molar-refractivity contribution >= 4 is 33.0 Å². The lowest BCUT2D eigenvalue weighted by Gasteiger charge is -2.12. The number of nitrogens with one attached hydrogen (secondary N) is 1. The molecule has 0 amide bonds. The summed E-state index contributed by atoms with van der Waals surface area (Å²) in [7, 11) is 1.65. The Hall–Kier alpha value is -1.68. The molecule has 3 N–H and O–H groups in total. The lowest BCUT2D eigenvalue weighted by atomic mass is 10.1. The number of anilines is 3. The van der Waals surface area contributed by atoms with Crippen LogP contribution in [-0.4, -0.2) is 7.11 Å². The lowest BCUT2D eigenvalue weighted by molar-refractivity contribution is 0.412. The molecular formula is C14H15BrN2O. The number of hydrogen-bond acceptors (Lipinski definition) is 3. The molecule has 0 saturated carbocycles. The van der Waals surface area contributed by atoms with Gasteiger partial charge in [0.25, 0.3) is 0 Å². The Morgan fingerprint density at radius 2 is 2.00 bits per heavy atom. The van der Waals surface area contributed by atoms with Gasteiger partial charge in [0.15, 0.2) is 0 Å². The van der Waals surface area contributed by atoms with Crippen molar-refractivity contribution in [2.24, 2.45) is 0 Å². The lowest BCUT2D eigenvalue weighted by Crippen LogP contribution is -1.97. The van der Waals surface area contributed by atoms with Crippen LogP contribution in [-0.2, 0) is 0 Å². The zero-order valence-electron chi connectivity index (χ0n) is 10.3. The van der Waals surface area contributed by atoms with Crippen molar-refractivity contribution < 1.29 is 4.74 Å². The average Bonchev–Trinajstić information content (AvgIpc) is 2.37. The summed E-state index contributed by atoms with van der Waals surface area (Å²) in [6, 6.07) is 11.7. The van der Waals surface area contributed by atoms with E-state index >= 15 is 0 Å². The smallest absolute Gasteiger partial charge is 0.135 e. The highest BCUT2D eigenvalue weighted by molar-refractivity contribution is 9.10. The number of halogens is 1. The summed E-state index contributed by atoms with van der Waals surface area (Å²) in [5, 5.41) is 3.33. The van der Waals surface area contributed by atoms with Gasteiger partial charge in [0.1, 0.15) is 5.75 Å². The molecule has 0 aromatic heterocycles. The predicted octanol–water partition coefficient (Wildman–Crippen LogP) is 4.09. The normalized spacial score (nSPS) is 10.2. The number of ether oxygens (including phenoxy) is 1. The first-order valence-corrected chi connectivity index (χ1v) is 6.37. The molecule has 2 aromatic carbocycles. The number of methoxy groups -OCH3 is 1. The molecule has 0 spiro atoms. The van der Waals surface area contributed by atoms with Gasteiger partial charge in [-0.3, -0.25) is 0 Å². The maximum absolute atomic E-state index is 5.88. The maximum atomic E-state index is 5.88. The van der Waals surface area contributed by atoms with Crippen LogP contribution in [0.4, 0.5) is 17.1 Å². The topological polar surface area (TPSA) is 47.3 Å².